The van der Waals surface area contributed by atoms with Crippen LogP contribution in [0.2, 0.25) is 5.02 Å². The fraction of sp³-hybridized carbons (Fsp3) is 0.333. The molecule has 0 saturated carbocycles. The molecule has 0 unspecified atom stereocenters. The molecule has 2 nitrogen and oxygen atoms in total. The quantitative estimate of drug-likeness (QED) is 0.775. The van der Waals surface area contributed by atoms with Gasteiger partial charge in [0.1, 0.15) is 0 Å². The number of nitrogens with zero attached hydrogens (tertiary/aromatic N) is 1. The summed E-state index contributed by atoms with van der Waals surface area (Å²) in [6.45, 7) is 0. The van der Waals surface area contributed by atoms with Gasteiger partial charge in [0.05, 0.1) is 5.02 Å². The zero-order valence-electron chi connectivity index (χ0n) is 7.76. The molecule has 16 heavy (non-hydrogen) atoms. The van der Waals surface area contributed by atoms with Gasteiger partial charge < -0.3 is 0 Å². The average Bonchev–Trinajstić information content (AvgIpc) is 2.21. The van der Waals surface area contributed by atoms with E-state index in [0.717, 1.165) is 6.20 Å². The third-order valence-electron chi connectivity index (χ3n) is 1.85. The summed E-state index contributed by atoms with van der Waals surface area (Å²) in [5.74, 6) is -6.51. The van der Waals surface area contributed by atoms with Gasteiger partial charge in [-0.15, -0.1) is 0 Å². The minimum atomic E-state index is -4.65. The molecular weight excluding hydrogens is 250 g/mol. The van der Waals surface area contributed by atoms with E-state index in [2.05, 4.69) is 4.98 Å². The summed E-state index contributed by atoms with van der Waals surface area (Å²) in [4.78, 5) is 14.5. The number of pyridine rings is 1. The molecule has 0 aliphatic heterocycles. The van der Waals surface area contributed by atoms with Crippen LogP contribution in [0, 0.1) is 0 Å². The molecule has 0 amide bonds. The van der Waals surface area contributed by atoms with Crippen LogP contribution >= 0.6 is 11.6 Å². The lowest BCUT2D eigenvalue weighted by molar-refractivity contribution is -0.166. The second-order valence-corrected chi connectivity index (χ2v) is 3.40. The van der Waals surface area contributed by atoms with Crippen LogP contribution in [0.25, 0.3) is 0 Å². The van der Waals surface area contributed by atoms with Gasteiger partial charge in [-0.1, -0.05) is 11.6 Å². The first kappa shape index (κ1) is 12.9. The molecule has 1 aromatic rings. The van der Waals surface area contributed by atoms with Crippen LogP contribution in [0.4, 0.5) is 17.6 Å². The number of carbonyl (C=O) groups is 1. The van der Waals surface area contributed by atoms with Crippen molar-refractivity contribution >= 4 is 17.4 Å². The molecular formula is C9H6ClF4NO. The summed E-state index contributed by atoms with van der Waals surface area (Å²) in [6.07, 6.45) is -2.49. The van der Waals surface area contributed by atoms with Crippen molar-refractivity contribution < 1.29 is 22.4 Å². The summed E-state index contributed by atoms with van der Waals surface area (Å²) in [6, 6.07) is 1.22. The van der Waals surface area contributed by atoms with Crippen molar-refractivity contribution in [3.05, 3.63) is 29.0 Å². The summed E-state index contributed by atoms with van der Waals surface area (Å²) in [7, 11) is 0. The number of Topliss-reactive ketones (excluding diaryl/α,β-unsaturated/α-hetero) is 1. The first-order valence-electron chi connectivity index (χ1n) is 4.13. The van der Waals surface area contributed by atoms with Crippen LogP contribution in [0.1, 0.15) is 5.56 Å². The van der Waals surface area contributed by atoms with Crippen LogP contribution in [0.15, 0.2) is 18.5 Å². The molecule has 0 bridgehead atoms. The molecule has 1 rings (SSSR count). The SMILES string of the molecule is O=C(Cc1ccncc1Cl)C(F)(F)C(F)F. The highest BCUT2D eigenvalue weighted by molar-refractivity contribution is 6.31. The van der Waals surface area contributed by atoms with Crippen molar-refractivity contribution in [1.82, 2.24) is 4.98 Å². The van der Waals surface area contributed by atoms with Crippen LogP contribution in [0.5, 0.6) is 0 Å². The average molecular weight is 256 g/mol. The van der Waals surface area contributed by atoms with E-state index < -0.39 is 24.6 Å². The highest BCUT2D eigenvalue weighted by Crippen LogP contribution is 2.26. The Labute approximate surface area is 93.2 Å². The predicted octanol–water partition coefficient (Wildman–Crippen LogP) is 2.75. The summed E-state index contributed by atoms with van der Waals surface area (Å²) >= 11 is 5.55. The van der Waals surface area contributed by atoms with Gasteiger partial charge in [-0.3, -0.25) is 9.78 Å². The molecule has 0 N–H and O–H groups in total. The van der Waals surface area contributed by atoms with Gasteiger partial charge in [0, 0.05) is 18.8 Å². The molecule has 0 aliphatic rings. The predicted molar refractivity (Wildman–Crippen MR) is 48.9 cm³/mol. The number of alkyl halides is 4. The van der Waals surface area contributed by atoms with E-state index in [0.29, 0.717) is 0 Å². The van der Waals surface area contributed by atoms with E-state index in [4.69, 9.17) is 11.6 Å². The number of carbonyl (C=O) groups excluding carboxylic acids is 1. The molecule has 88 valence electrons. The van der Waals surface area contributed by atoms with Gasteiger partial charge in [0.25, 0.3) is 0 Å². The molecule has 1 aromatic heterocycles. The fourth-order valence-electron chi connectivity index (χ4n) is 0.960. The monoisotopic (exact) mass is 255 g/mol. The van der Waals surface area contributed by atoms with E-state index in [1.54, 1.807) is 0 Å². The van der Waals surface area contributed by atoms with Gasteiger partial charge in [-0.2, -0.15) is 8.78 Å². The number of hydrogen-bond acceptors (Lipinski definition) is 2. The second-order valence-electron chi connectivity index (χ2n) is 2.99. The van der Waals surface area contributed by atoms with Crippen molar-refractivity contribution in [1.29, 1.82) is 0 Å². The number of aromatic nitrogens is 1. The van der Waals surface area contributed by atoms with E-state index in [1.807, 2.05) is 0 Å². The Balaban J connectivity index is 2.84. The molecule has 0 aliphatic carbocycles. The standard InChI is InChI=1S/C9H6ClF4NO/c10-6-4-15-2-1-5(6)3-7(16)9(13,14)8(11)12/h1-2,4,8H,3H2. The molecule has 0 atom stereocenters. The van der Waals surface area contributed by atoms with Crippen molar-refractivity contribution in [3.8, 4) is 0 Å². The Morgan fingerprint density at radius 3 is 2.62 bits per heavy atom. The lowest BCUT2D eigenvalue weighted by atomic mass is 10.1. The molecule has 0 radical (unpaired) electrons. The maximum Gasteiger partial charge on any atom is 0.364 e. The summed E-state index contributed by atoms with van der Waals surface area (Å²) < 4.78 is 48.9. The zero-order valence-corrected chi connectivity index (χ0v) is 8.52. The molecule has 0 saturated heterocycles. The Hall–Kier alpha value is -1.17. The molecule has 0 spiro atoms. The first-order chi connectivity index (χ1) is 7.35. The van der Waals surface area contributed by atoms with Crippen LogP contribution in [-0.2, 0) is 11.2 Å². The van der Waals surface area contributed by atoms with Gasteiger partial charge in [-0.25, -0.2) is 8.78 Å². The van der Waals surface area contributed by atoms with Crippen molar-refractivity contribution in [2.24, 2.45) is 0 Å². The molecule has 7 heteroatoms. The van der Waals surface area contributed by atoms with Gasteiger partial charge in [0.15, 0.2) is 0 Å². The van der Waals surface area contributed by atoms with Crippen molar-refractivity contribution in [3.63, 3.8) is 0 Å². The summed E-state index contributed by atoms with van der Waals surface area (Å²) in [5, 5.41) is -0.0130. The molecule has 0 aromatic carbocycles. The molecule has 1 heterocycles. The topological polar surface area (TPSA) is 30.0 Å². The molecule has 0 fully saturated rings. The normalized spacial score (nSPS) is 11.9. The number of halogens is 5. The Kier molecular flexibility index (Phi) is 3.85. The highest BCUT2D eigenvalue weighted by atomic mass is 35.5. The van der Waals surface area contributed by atoms with Crippen LogP contribution in [-0.4, -0.2) is 23.1 Å². The number of hydrogen-bond donors (Lipinski definition) is 0. The van der Waals surface area contributed by atoms with Crippen LogP contribution in [0.3, 0.4) is 0 Å². The Bertz CT molecular complexity index is 397. The summed E-state index contributed by atoms with van der Waals surface area (Å²) in [5.41, 5.74) is 0.0435. The maximum absolute atomic E-state index is 12.6. The third kappa shape index (κ3) is 2.69. The zero-order chi connectivity index (χ0) is 12.3. The number of ketones is 1. The van der Waals surface area contributed by atoms with E-state index in [-0.39, 0.29) is 10.6 Å². The third-order valence-corrected chi connectivity index (χ3v) is 2.19. The van der Waals surface area contributed by atoms with E-state index >= 15 is 0 Å². The largest absolute Gasteiger partial charge is 0.364 e. The fourth-order valence-corrected chi connectivity index (χ4v) is 1.15. The Morgan fingerprint density at radius 1 is 1.50 bits per heavy atom. The van der Waals surface area contributed by atoms with Gasteiger partial charge in [0.2, 0.25) is 5.78 Å². The lowest BCUT2D eigenvalue weighted by Crippen LogP contribution is -2.37. The maximum atomic E-state index is 12.6. The van der Waals surface area contributed by atoms with Crippen molar-refractivity contribution in [2.75, 3.05) is 0 Å². The highest BCUT2D eigenvalue weighted by Gasteiger charge is 2.48. The smallest absolute Gasteiger partial charge is 0.292 e. The van der Waals surface area contributed by atoms with E-state index in [1.165, 1.54) is 12.3 Å². The second kappa shape index (κ2) is 4.78. The number of rotatable bonds is 4. The van der Waals surface area contributed by atoms with E-state index in [9.17, 15) is 22.4 Å². The Morgan fingerprint density at radius 2 is 2.12 bits per heavy atom. The van der Waals surface area contributed by atoms with Crippen LogP contribution < -0.4 is 0 Å². The van der Waals surface area contributed by atoms with Crippen molar-refractivity contribution in [2.45, 2.75) is 18.8 Å². The van der Waals surface area contributed by atoms with Gasteiger partial charge >= 0.3 is 12.3 Å². The lowest BCUT2D eigenvalue weighted by Gasteiger charge is -2.13. The first-order valence-corrected chi connectivity index (χ1v) is 4.51. The van der Waals surface area contributed by atoms with Gasteiger partial charge in [-0.05, 0) is 11.6 Å². The minimum Gasteiger partial charge on any atom is -0.292 e. The minimum absolute atomic E-state index is 0.0130.